The third-order valence-electron chi connectivity index (χ3n) is 6.16. The lowest BCUT2D eigenvalue weighted by Gasteiger charge is -2.29. The van der Waals surface area contributed by atoms with Gasteiger partial charge in [-0.25, -0.2) is 0 Å². The molecule has 0 aliphatic carbocycles. The summed E-state index contributed by atoms with van der Waals surface area (Å²) >= 11 is 6.87. The summed E-state index contributed by atoms with van der Waals surface area (Å²) in [4.78, 5) is 28.6. The van der Waals surface area contributed by atoms with Gasteiger partial charge in [-0.15, -0.1) is 11.3 Å². The Labute approximate surface area is 208 Å². The smallest absolute Gasteiger partial charge is 0.270 e. The standard InChI is InChI=1S/C26H24N4O2S2/c1-6-18-7-9-20(10-8-18)30-24(32)21(23(31)28-26(30)33)12-19-11-14(2)29(16(19)4)25-22(13-27)15(3)17(5)34-25/h7-12H,6H2,1-5H3,(H,28,31,33)/b21-12+. The van der Waals surface area contributed by atoms with Gasteiger partial charge in [-0.3, -0.25) is 19.8 Å². The average molecular weight is 489 g/mol. The Morgan fingerprint density at radius 3 is 2.44 bits per heavy atom. The van der Waals surface area contributed by atoms with Gasteiger partial charge in [0.05, 0.1) is 11.3 Å². The summed E-state index contributed by atoms with van der Waals surface area (Å²) in [5, 5.41) is 13.2. The van der Waals surface area contributed by atoms with Gasteiger partial charge >= 0.3 is 0 Å². The van der Waals surface area contributed by atoms with Crippen LogP contribution in [0.4, 0.5) is 5.69 Å². The molecule has 0 spiro atoms. The molecule has 0 atom stereocenters. The Balaban J connectivity index is 1.78. The number of thiocarbonyl (C=S) groups is 1. The SMILES string of the molecule is CCc1ccc(N2C(=O)/C(=C/c3cc(C)n(-c4sc(C)c(C)c4C#N)c3C)C(=O)NC2=S)cc1. The summed E-state index contributed by atoms with van der Waals surface area (Å²) in [7, 11) is 0. The van der Waals surface area contributed by atoms with Gasteiger partial charge in [0.25, 0.3) is 11.8 Å². The summed E-state index contributed by atoms with van der Waals surface area (Å²) in [6.07, 6.45) is 2.48. The third-order valence-corrected chi connectivity index (χ3v) is 7.63. The number of aromatic nitrogens is 1. The van der Waals surface area contributed by atoms with Crippen LogP contribution in [0.5, 0.6) is 0 Å². The Morgan fingerprint density at radius 1 is 1.15 bits per heavy atom. The molecular weight excluding hydrogens is 464 g/mol. The summed E-state index contributed by atoms with van der Waals surface area (Å²) in [5.74, 6) is -0.995. The van der Waals surface area contributed by atoms with Crippen LogP contribution in [0, 0.1) is 39.0 Å². The number of carbonyl (C=O) groups is 2. The van der Waals surface area contributed by atoms with E-state index in [0.717, 1.165) is 44.4 Å². The summed E-state index contributed by atoms with van der Waals surface area (Å²) < 4.78 is 2.01. The number of nitrogens with zero attached hydrogens (tertiary/aromatic N) is 3. The monoisotopic (exact) mass is 488 g/mol. The number of benzene rings is 1. The first kappa shape index (κ1) is 23.6. The molecular formula is C26H24N4O2S2. The molecule has 1 aliphatic rings. The molecule has 1 N–H and O–H groups in total. The van der Waals surface area contributed by atoms with Crippen LogP contribution in [0.3, 0.4) is 0 Å². The minimum Gasteiger partial charge on any atom is -0.308 e. The minimum absolute atomic E-state index is 0.00691. The Hall–Kier alpha value is -3.54. The van der Waals surface area contributed by atoms with Gasteiger partial charge in [-0.2, -0.15) is 5.26 Å². The third kappa shape index (κ3) is 3.87. The lowest BCUT2D eigenvalue weighted by atomic mass is 10.1. The zero-order valence-electron chi connectivity index (χ0n) is 19.6. The molecule has 1 aromatic carbocycles. The second-order valence-corrected chi connectivity index (χ2v) is 9.80. The fourth-order valence-electron chi connectivity index (χ4n) is 4.07. The Kier molecular flexibility index (Phi) is 6.26. The quantitative estimate of drug-likeness (QED) is 0.317. The molecule has 34 heavy (non-hydrogen) atoms. The predicted octanol–water partition coefficient (Wildman–Crippen LogP) is 5.04. The van der Waals surface area contributed by atoms with Crippen molar-refractivity contribution in [2.75, 3.05) is 4.90 Å². The molecule has 0 saturated carbocycles. The molecule has 172 valence electrons. The van der Waals surface area contributed by atoms with Crippen molar-refractivity contribution in [1.29, 1.82) is 5.26 Å². The Bertz CT molecular complexity index is 1420. The zero-order chi connectivity index (χ0) is 24.7. The number of anilines is 1. The van der Waals surface area contributed by atoms with E-state index < -0.39 is 11.8 Å². The zero-order valence-corrected chi connectivity index (χ0v) is 21.3. The van der Waals surface area contributed by atoms with Crippen molar-refractivity contribution < 1.29 is 9.59 Å². The molecule has 0 bridgehead atoms. The van der Waals surface area contributed by atoms with Crippen molar-refractivity contribution in [1.82, 2.24) is 9.88 Å². The van der Waals surface area contributed by atoms with Crippen LogP contribution in [0.1, 0.15) is 45.4 Å². The highest BCUT2D eigenvalue weighted by Crippen LogP contribution is 2.34. The maximum atomic E-state index is 13.4. The molecule has 3 aromatic rings. The van der Waals surface area contributed by atoms with E-state index in [4.69, 9.17) is 12.2 Å². The van der Waals surface area contributed by atoms with E-state index >= 15 is 0 Å². The molecule has 4 rings (SSSR count). The van der Waals surface area contributed by atoms with E-state index in [1.807, 2.05) is 62.6 Å². The summed E-state index contributed by atoms with van der Waals surface area (Å²) in [6, 6.07) is 11.8. The maximum Gasteiger partial charge on any atom is 0.270 e. The first-order valence-corrected chi connectivity index (χ1v) is 12.1. The van der Waals surface area contributed by atoms with Crippen molar-refractivity contribution in [3.63, 3.8) is 0 Å². The van der Waals surface area contributed by atoms with Crippen LogP contribution in [-0.4, -0.2) is 21.5 Å². The number of nitrogens with one attached hydrogen (secondary N) is 1. The molecule has 1 fully saturated rings. The van der Waals surface area contributed by atoms with Gasteiger partial charge in [-0.05, 0) is 87.3 Å². The summed E-state index contributed by atoms with van der Waals surface area (Å²) in [6.45, 7) is 9.86. The topological polar surface area (TPSA) is 78.1 Å². The van der Waals surface area contributed by atoms with Crippen LogP contribution in [0.25, 0.3) is 11.1 Å². The number of hydrogen-bond acceptors (Lipinski definition) is 5. The number of aryl methyl sites for hydroxylation is 3. The van der Waals surface area contributed by atoms with Crippen LogP contribution >= 0.6 is 23.6 Å². The summed E-state index contributed by atoms with van der Waals surface area (Å²) in [5.41, 5.74) is 5.85. The van der Waals surface area contributed by atoms with Crippen molar-refractivity contribution in [2.45, 2.75) is 41.0 Å². The van der Waals surface area contributed by atoms with Crippen LogP contribution in [0.2, 0.25) is 0 Å². The highest BCUT2D eigenvalue weighted by atomic mass is 32.1. The lowest BCUT2D eigenvalue weighted by molar-refractivity contribution is -0.122. The fraction of sp³-hybridized carbons (Fsp3) is 0.231. The molecule has 8 heteroatoms. The van der Waals surface area contributed by atoms with Gasteiger partial charge in [0.1, 0.15) is 16.6 Å². The van der Waals surface area contributed by atoms with Gasteiger partial charge in [0.2, 0.25) is 0 Å². The number of thiophene rings is 1. The van der Waals surface area contributed by atoms with Crippen LogP contribution in [-0.2, 0) is 16.0 Å². The molecule has 2 amide bonds. The Morgan fingerprint density at radius 2 is 1.82 bits per heavy atom. The predicted molar refractivity (Wildman–Crippen MR) is 139 cm³/mol. The van der Waals surface area contributed by atoms with Crippen molar-refractivity contribution in [2.24, 2.45) is 0 Å². The number of hydrogen-bond donors (Lipinski definition) is 1. The maximum absolute atomic E-state index is 13.4. The minimum atomic E-state index is -0.526. The molecule has 1 saturated heterocycles. The van der Waals surface area contributed by atoms with E-state index in [2.05, 4.69) is 18.3 Å². The number of rotatable bonds is 4. The van der Waals surface area contributed by atoms with E-state index in [1.165, 1.54) is 4.90 Å². The number of nitriles is 1. The van der Waals surface area contributed by atoms with E-state index in [9.17, 15) is 14.9 Å². The highest BCUT2D eigenvalue weighted by Gasteiger charge is 2.34. The highest BCUT2D eigenvalue weighted by molar-refractivity contribution is 7.80. The largest absolute Gasteiger partial charge is 0.308 e. The van der Waals surface area contributed by atoms with E-state index in [1.54, 1.807) is 17.4 Å². The molecule has 0 unspecified atom stereocenters. The van der Waals surface area contributed by atoms with Crippen molar-refractivity contribution in [3.8, 4) is 11.1 Å². The van der Waals surface area contributed by atoms with Crippen LogP contribution in [0.15, 0.2) is 35.9 Å². The fourth-order valence-corrected chi connectivity index (χ4v) is 5.57. The molecule has 1 aliphatic heterocycles. The number of carbonyl (C=O) groups excluding carboxylic acids is 2. The lowest BCUT2D eigenvalue weighted by Crippen LogP contribution is -2.54. The van der Waals surface area contributed by atoms with Gasteiger partial charge < -0.3 is 4.57 Å². The van der Waals surface area contributed by atoms with Gasteiger partial charge in [0.15, 0.2) is 5.11 Å². The van der Waals surface area contributed by atoms with Gasteiger partial charge in [-0.1, -0.05) is 19.1 Å². The second-order valence-electron chi connectivity index (χ2n) is 8.21. The average Bonchev–Trinajstić information content (AvgIpc) is 3.24. The van der Waals surface area contributed by atoms with Crippen molar-refractivity contribution in [3.05, 3.63) is 74.4 Å². The first-order chi connectivity index (χ1) is 16.2. The van der Waals surface area contributed by atoms with Crippen LogP contribution < -0.4 is 10.2 Å². The molecule has 3 heterocycles. The van der Waals surface area contributed by atoms with Gasteiger partial charge in [0, 0.05) is 16.3 Å². The van der Waals surface area contributed by atoms with E-state index in [0.29, 0.717) is 11.3 Å². The first-order valence-electron chi connectivity index (χ1n) is 10.9. The molecule has 6 nitrogen and oxygen atoms in total. The molecule has 2 aromatic heterocycles. The second kappa shape index (κ2) is 9.01. The van der Waals surface area contributed by atoms with E-state index in [-0.39, 0.29) is 10.7 Å². The number of amides is 2. The normalized spacial score (nSPS) is 15.1. The van der Waals surface area contributed by atoms with Crippen molar-refractivity contribution >= 4 is 52.2 Å². The molecule has 0 radical (unpaired) electrons.